The predicted molar refractivity (Wildman–Crippen MR) is 123 cm³/mol. The third-order valence-electron chi connectivity index (χ3n) is 4.12. The van der Waals surface area contributed by atoms with Gasteiger partial charge in [0.25, 0.3) is 0 Å². The molecule has 3 aromatic rings. The molecule has 158 valence electrons. The van der Waals surface area contributed by atoms with Gasteiger partial charge in [0.1, 0.15) is 5.75 Å². The van der Waals surface area contributed by atoms with Crippen LogP contribution in [0.5, 0.6) is 5.75 Å². The van der Waals surface area contributed by atoms with Crippen LogP contribution in [-0.4, -0.2) is 33.5 Å². The number of hydrogen-bond donors (Lipinski definition) is 1. The zero-order chi connectivity index (χ0) is 21.7. The Morgan fingerprint density at radius 3 is 2.70 bits per heavy atom. The molecule has 9 heteroatoms. The van der Waals surface area contributed by atoms with Crippen molar-refractivity contribution < 1.29 is 9.53 Å². The van der Waals surface area contributed by atoms with Crippen molar-refractivity contribution in [1.82, 2.24) is 14.8 Å². The number of nitrogens with one attached hydrogen (secondary N) is 1. The van der Waals surface area contributed by atoms with Crippen LogP contribution < -0.4 is 10.1 Å². The lowest BCUT2D eigenvalue weighted by Crippen LogP contribution is -2.15. The van der Waals surface area contributed by atoms with Gasteiger partial charge in [0.05, 0.1) is 17.9 Å². The first-order chi connectivity index (χ1) is 14.4. The van der Waals surface area contributed by atoms with Gasteiger partial charge in [-0.1, -0.05) is 54.9 Å². The molecule has 0 aliphatic heterocycles. The molecule has 0 fully saturated rings. The van der Waals surface area contributed by atoms with E-state index in [1.807, 2.05) is 28.8 Å². The summed E-state index contributed by atoms with van der Waals surface area (Å²) in [4.78, 5) is 12.4. The molecule has 0 radical (unpaired) electrons. The topological polar surface area (TPSA) is 69.0 Å². The van der Waals surface area contributed by atoms with E-state index in [0.29, 0.717) is 44.9 Å². The number of methoxy groups -OCH3 is 1. The maximum Gasteiger partial charge on any atom is 0.234 e. The van der Waals surface area contributed by atoms with Crippen LogP contribution in [0.2, 0.25) is 10.0 Å². The molecule has 1 N–H and O–H groups in total. The normalized spacial score (nSPS) is 11.0. The van der Waals surface area contributed by atoms with Crippen LogP contribution in [0, 0.1) is 5.92 Å². The minimum atomic E-state index is -0.140. The summed E-state index contributed by atoms with van der Waals surface area (Å²) in [6.45, 7) is 4.91. The largest absolute Gasteiger partial charge is 0.497 e. The Hall–Kier alpha value is -2.22. The number of hydrogen-bond acceptors (Lipinski definition) is 5. The zero-order valence-electron chi connectivity index (χ0n) is 16.9. The molecule has 0 bridgehead atoms. The number of aromatic nitrogens is 3. The minimum absolute atomic E-state index is 0.140. The van der Waals surface area contributed by atoms with Crippen molar-refractivity contribution in [2.45, 2.75) is 25.5 Å². The lowest BCUT2D eigenvalue weighted by atomic mass is 10.2. The van der Waals surface area contributed by atoms with Gasteiger partial charge in [-0.3, -0.25) is 4.79 Å². The average molecular weight is 465 g/mol. The second kappa shape index (κ2) is 10.2. The highest BCUT2D eigenvalue weighted by Gasteiger charge is 2.18. The zero-order valence-corrected chi connectivity index (χ0v) is 19.2. The molecule has 1 amide bonds. The Bertz CT molecular complexity index is 1040. The van der Waals surface area contributed by atoms with Gasteiger partial charge in [-0.2, -0.15) is 0 Å². The number of benzene rings is 2. The number of carbonyl (C=O) groups is 1. The van der Waals surface area contributed by atoms with Crippen molar-refractivity contribution in [3.05, 3.63) is 52.5 Å². The van der Waals surface area contributed by atoms with Gasteiger partial charge in [0.2, 0.25) is 5.91 Å². The number of thioether (sulfide) groups is 1. The first-order valence-electron chi connectivity index (χ1n) is 9.32. The summed E-state index contributed by atoms with van der Waals surface area (Å²) < 4.78 is 7.17. The molecule has 0 spiro atoms. The standard InChI is InChI=1S/C21H22Cl2N4O2S/c1-13(2)11-27-20(17-8-7-14(22)9-18(17)23)25-26-21(27)30-12-19(28)24-15-5-4-6-16(10-15)29-3/h4-10,13H,11-12H2,1-3H3,(H,24,28). The van der Waals surface area contributed by atoms with Crippen molar-refractivity contribution in [3.63, 3.8) is 0 Å². The van der Waals surface area contributed by atoms with Crippen LogP contribution in [0.4, 0.5) is 5.69 Å². The number of anilines is 1. The molecule has 1 heterocycles. The van der Waals surface area contributed by atoms with E-state index >= 15 is 0 Å². The molecule has 0 aliphatic carbocycles. The second-order valence-corrected chi connectivity index (χ2v) is 8.79. The summed E-state index contributed by atoms with van der Waals surface area (Å²) in [6.07, 6.45) is 0. The SMILES string of the molecule is COc1cccc(NC(=O)CSc2nnc(-c3ccc(Cl)cc3Cl)n2CC(C)C)c1. The van der Waals surface area contributed by atoms with Crippen molar-refractivity contribution in [3.8, 4) is 17.1 Å². The molecular weight excluding hydrogens is 443 g/mol. The molecule has 6 nitrogen and oxygen atoms in total. The molecular formula is C21H22Cl2N4O2S. The molecule has 30 heavy (non-hydrogen) atoms. The molecule has 3 rings (SSSR count). The summed E-state index contributed by atoms with van der Waals surface area (Å²) in [5.41, 5.74) is 1.43. The monoisotopic (exact) mass is 464 g/mol. The van der Waals surface area contributed by atoms with E-state index in [2.05, 4.69) is 29.4 Å². The third kappa shape index (κ3) is 5.68. The first kappa shape index (κ1) is 22.5. The van der Waals surface area contributed by atoms with Crippen LogP contribution >= 0.6 is 35.0 Å². The van der Waals surface area contributed by atoms with Gasteiger partial charge in [-0.15, -0.1) is 10.2 Å². The van der Waals surface area contributed by atoms with E-state index in [1.54, 1.807) is 25.3 Å². The first-order valence-corrected chi connectivity index (χ1v) is 11.1. The van der Waals surface area contributed by atoms with E-state index in [0.717, 1.165) is 5.56 Å². The van der Waals surface area contributed by atoms with E-state index in [-0.39, 0.29) is 11.7 Å². The van der Waals surface area contributed by atoms with Crippen LogP contribution in [0.1, 0.15) is 13.8 Å². The highest BCUT2D eigenvalue weighted by Crippen LogP contribution is 2.32. The second-order valence-electron chi connectivity index (χ2n) is 7.00. The third-order valence-corrected chi connectivity index (χ3v) is 5.64. The van der Waals surface area contributed by atoms with E-state index in [4.69, 9.17) is 27.9 Å². The van der Waals surface area contributed by atoms with Gasteiger partial charge in [0, 0.05) is 28.9 Å². The van der Waals surface area contributed by atoms with Crippen LogP contribution in [-0.2, 0) is 11.3 Å². The fraction of sp³-hybridized carbons (Fsp3) is 0.286. The molecule has 0 atom stereocenters. The Morgan fingerprint density at radius 2 is 2.00 bits per heavy atom. The highest BCUT2D eigenvalue weighted by molar-refractivity contribution is 7.99. The smallest absolute Gasteiger partial charge is 0.234 e. The summed E-state index contributed by atoms with van der Waals surface area (Å²) in [5.74, 6) is 1.75. The Kier molecular flexibility index (Phi) is 7.64. The molecule has 1 aromatic heterocycles. The Balaban J connectivity index is 1.76. The average Bonchev–Trinajstić information content (AvgIpc) is 3.08. The van der Waals surface area contributed by atoms with E-state index in [9.17, 15) is 4.79 Å². The number of carbonyl (C=O) groups excluding carboxylic acids is 1. The number of ether oxygens (including phenoxy) is 1. The Labute approximate surface area is 189 Å². The molecule has 0 saturated carbocycles. The van der Waals surface area contributed by atoms with Gasteiger partial charge in [-0.25, -0.2) is 0 Å². The van der Waals surface area contributed by atoms with Crippen molar-refractivity contribution >= 4 is 46.6 Å². The van der Waals surface area contributed by atoms with Crippen molar-refractivity contribution in [2.24, 2.45) is 5.92 Å². The highest BCUT2D eigenvalue weighted by atomic mass is 35.5. The quantitative estimate of drug-likeness (QED) is 0.436. The number of amides is 1. The molecule has 0 unspecified atom stereocenters. The summed E-state index contributed by atoms with van der Waals surface area (Å²) in [6, 6.07) is 12.5. The van der Waals surface area contributed by atoms with Crippen LogP contribution in [0.25, 0.3) is 11.4 Å². The maximum atomic E-state index is 12.4. The number of nitrogens with zero attached hydrogens (tertiary/aromatic N) is 3. The van der Waals surface area contributed by atoms with Crippen LogP contribution in [0.3, 0.4) is 0 Å². The maximum absolute atomic E-state index is 12.4. The van der Waals surface area contributed by atoms with Crippen molar-refractivity contribution in [2.75, 3.05) is 18.2 Å². The number of rotatable bonds is 8. The van der Waals surface area contributed by atoms with Gasteiger partial charge in [-0.05, 0) is 36.2 Å². The molecule has 2 aromatic carbocycles. The lowest BCUT2D eigenvalue weighted by molar-refractivity contribution is -0.113. The van der Waals surface area contributed by atoms with Crippen molar-refractivity contribution in [1.29, 1.82) is 0 Å². The fourth-order valence-electron chi connectivity index (χ4n) is 2.82. The fourth-order valence-corrected chi connectivity index (χ4v) is 4.06. The summed E-state index contributed by atoms with van der Waals surface area (Å²) in [5, 5.41) is 13.2. The summed E-state index contributed by atoms with van der Waals surface area (Å²) >= 11 is 13.7. The van der Waals surface area contributed by atoms with E-state index in [1.165, 1.54) is 11.8 Å². The van der Waals surface area contributed by atoms with E-state index < -0.39 is 0 Å². The molecule has 0 aliphatic rings. The Morgan fingerprint density at radius 1 is 1.20 bits per heavy atom. The predicted octanol–water partition coefficient (Wildman–Crippen LogP) is 5.65. The minimum Gasteiger partial charge on any atom is -0.497 e. The summed E-state index contributed by atoms with van der Waals surface area (Å²) in [7, 11) is 1.59. The van der Waals surface area contributed by atoms with Gasteiger partial charge >= 0.3 is 0 Å². The van der Waals surface area contributed by atoms with Gasteiger partial charge in [0.15, 0.2) is 11.0 Å². The number of halogens is 2. The van der Waals surface area contributed by atoms with Gasteiger partial charge < -0.3 is 14.6 Å². The lowest BCUT2D eigenvalue weighted by Gasteiger charge is -2.13. The van der Waals surface area contributed by atoms with Crippen LogP contribution in [0.15, 0.2) is 47.6 Å². The molecule has 0 saturated heterocycles.